The third-order valence-electron chi connectivity index (χ3n) is 8.13. The molecule has 1 aromatic carbocycles. The normalized spacial score (nSPS) is 32.4. The molecule has 9 nitrogen and oxygen atoms in total. The van der Waals surface area contributed by atoms with Crippen molar-refractivity contribution >= 4 is 40.9 Å². The number of aliphatic carboxylic acids is 1. The first-order valence-electron chi connectivity index (χ1n) is 11.5. The van der Waals surface area contributed by atoms with Crippen molar-refractivity contribution in [3.63, 3.8) is 0 Å². The first-order valence-corrected chi connectivity index (χ1v) is 13.2. The molecule has 2 N–H and O–H groups in total. The molecule has 184 valence electrons. The number of likely N-dealkylation sites (tertiary alicyclic amines) is 1. The molecule has 1 aromatic heterocycles. The van der Waals surface area contributed by atoms with E-state index in [2.05, 4.69) is 4.98 Å². The topological polar surface area (TPSA) is 126 Å². The van der Waals surface area contributed by atoms with Gasteiger partial charge in [0.2, 0.25) is 11.8 Å². The molecule has 7 atom stereocenters. The number of carboxylic acid groups (broad SMARTS) is 1. The number of amides is 2. The highest BCUT2D eigenvalue weighted by Crippen LogP contribution is 2.68. The molecular formula is C24H24N2O7S2. The van der Waals surface area contributed by atoms with E-state index in [9.17, 15) is 19.2 Å². The number of rotatable bonds is 6. The van der Waals surface area contributed by atoms with Crippen molar-refractivity contribution in [3.8, 4) is 11.5 Å². The lowest BCUT2D eigenvalue weighted by Crippen LogP contribution is -2.42. The number of imide groups is 1. The summed E-state index contributed by atoms with van der Waals surface area (Å²) in [6, 6.07) is 5.78. The Labute approximate surface area is 208 Å². The molecule has 4 aliphatic rings. The van der Waals surface area contributed by atoms with Gasteiger partial charge in [0, 0.05) is 22.6 Å². The summed E-state index contributed by atoms with van der Waals surface area (Å²) < 4.78 is 11.0. The zero-order valence-corrected chi connectivity index (χ0v) is 20.7. The highest BCUT2D eigenvalue weighted by Gasteiger charge is 2.69. The quantitative estimate of drug-likeness (QED) is 0.561. The van der Waals surface area contributed by atoms with E-state index < -0.39 is 17.8 Å². The Morgan fingerprint density at radius 2 is 1.83 bits per heavy atom. The summed E-state index contributed by atoms with van der Waals surface area (Å²) in [5, 5.41) is 9.99. The van der Waals surface area contributed by atoms with E-state index in [-0.39, 0.29) is 58.6 Å². The largest absolute Gasteiger partial charge is 0.493 e. The van der Waals surface area contributed by atoms with Crippen molar-refractivity contribution in [1.29, 1.82) is 0 Å². The Morgan fingerprint density at radius 3 is 2.51 bits per heavy atom. The third-order valence-corrected chi connectivity index (χ3v) is 10.7. The van der Waals surface area contributed by atoms with Gasteiger partial charge in [-0.3, -0.25) is 24.1 Å². The monoisotopic (exact) mass is 516 g/mol. The van der Waals surface area contributed by atoms with Gasteiger partial charge < -0.3 is 19.6 Å². The minimum atomic E-state index is -1.03. The van der Waals surface area contributed by atoms with E-state index in [0.29, 0.717) is 11.5 Å². The average Bonchev–Trinajstić information content (AvgIpc) is 3.56. The first kappa shape index (κ1) is 22.7. The number of aromatic amines is 1. The number of hydrogen-bond acceptors (Lipinski definition) is 8. The van der Waals surface area contributed by atoms with E-state index >= 15 is 0 Å². The van der Waals surface area contributed by atoms with Gasteiger partial charge in [-0.05, 0) is 41.9 Å². The van der Waals surface area contributed by atoms with Crippen molar-refractivity contribution in [2.24, 2.45) is 29.6 Å². The molecular weight excluding hydrogens is 492 g/mol. The summed E-state index contributed by atoms with van der Waals surface area (Å²) in [5.41, 5.74) is 0.984. The number of methoxy groups -OCH3 is 2. The maximum Gasteiger partial charge on any atom is 0.305 e. The summed E-state index contributed by atoms with van der Waals surface area (Å²) in [6.45, 7) is -0.0817. The lowest BCUT2D eigenvalue weighted by atomic mass is 9.68. The summed E-state index contributed by atoms with van der Waals surface area (Å²) in [4.78, 5) is 55.1. The lowest BCUT2D eigenvalue weighted by Gasteiger charge is -2.43. The fourth-order valence-electron chi connectivity index (χ4n) is 6.93. The van der Waals surface area contributed by atoms with E-state index in [0.717, 1.165) is 21.9 Å². The summed E-state index contributed by atoms with van der Waals surface area (Å²) in [6.07, 6.45) is 0.533. The van der Waals surface area contributed by atoms with Crippen molar-refractivity contribution in [3.05, 3.63) is 38.3 Å². The SMILES string of the molecule is COc1ccc([C@@H]2c3sc(=O)[nH]c3S[C@@H]3[C@@H]4C[C@H]([C@H]5C(=O)N(CCC(=O)O)C(=O)[C@H]45)[C@H]23)cc1OC. The zero-order valence-electron chi connectivity index (χ0n) is 19.1. The number of thiazole rings is 1. The van der Waals surface area contributed by atoms with Crippen molar-refractivity contribution < 1.29 is 29.0 Å². The second kappa shape index (κ2) is 8.12. The second-order valence-electron chi connectivity index (χ2n) is 9.55. The van der Waals surface area contributed by atoms with Crippen LogP contribution in [0.2, 0.25) is 0 Å². The fraction of sp³-hybridized carbons (Fsp3) is 0.500. The molecule has 2 aromatic rings. The summed E-state index contributed by atoms with van der Waals surface area (Å²) in [7, 11) is 3.16. The lowest BCUT2D eigenvalue weighted by molar-refractivity contribution is -0.142. The number of carbonyl (C=O) groups is 3. The smallest absolute Gasteiger partial charge is 0.305 e. The van der Waals surface area contributed by atoms with Crippen LogP contribution in [-0.2, 0) is 14.4 Å². The van der Waals surface area contributed by atoms with Crippen LogP contribution in [-0.4, -0.2) is 58.8 Å². The van der Waals surface area contributed by atoms with Crippen LogP contribution in [0, 0.1) is 29.6 Å². The Kier molecular flexibility index (Phi) is 5.26. The van der Waals surface area contributed by atoms with Crippen LogP contribution in [0.1, 0.15) is 29.2 Å². The molecule has 1 saturated heterocycles. The molecule has 0 unspecified atom stereocenters. The zero-order chi connectivity index (χ0) is 24.6. The molecule has 2 bridgehead atoms. The molecule has 2 saturated carbocycles. The number of nitrogens with one attached hydrogen (secondary N) is 1. The first-order chi connectivity index (χ1) is 16.8. The Balaban J connectivity index is 1.42. The number of benzene rings is 1. The van der Waals surface area contributed by atoms with Crippen LogP contribution in [0.4, 0.5) is 0 Å². The molecule has 2 aliphatic carbocycles. The standard InChI is InChI=1S/C24H24N2O7S2/c1-32-12-4-3-9(7-13(12)33-2)15-16-10-8-11(19(16)34-21-20(15)35-24(31)25-21)18-17(10)22(29)26(23(18)30)6-5-14(27)28/h3-4,7,10-11,15-19H,5-6,8H2,1-2H3,(H,25,31)(H,27,28)/t10-,11+,15-,16+,17+,18+,19+/m0/s1. The molecule has 0 spiro atoms. The minimum absolute atomic E-state index is 0.00507. The fourth-order valence-corrected chi connectivity index (χ4v) is 9.81. The van der Waals surface area contributed by atoms with Crippen molar-refractivity contribution in [2.75, 3.05) is 20.8 Å². The van der Waals surface area contributed by atoms with Crippen LogP contribution in [0.25, 0.3) is 0 Å². The molecule has 35 heavy (non-hydrogen) atoms. The maximum absolute atomic E-state index is 13.4. The molecule has 2 amide bonds. The van der Waals surface area contributed by atoms with Gasteiger partial charge in [0.25, 0.3) is 0 Å². The van der Waals surface area contributed by atoms with Crippen LogP contribution >= 0.6 is 23.1 Å². The Bertz CT molecular complexity index is 1300. The Morgan fingerprint density at radius 1 is 1.11 bits per heavy atom. The highest BCUT2D eigenvalue weighted by atomic mass is 32.2. The van der Waals surface area contributed by atoms with Gasteiger partial charge >= 0.3 is 10.8 Å². The molecule has 11 heteroatoms. The van der Waals surface area contributed by atoms with E-state index in [1.807, 2.05) is 18.2 Å². The van der Waals surface area contributed by atoms with Crippen LogP contribution in [0.3, 0.4) is 0 Å². The van der Waals surface area contributed by atoms with E-state index in [1.54, 1.807) is 26.0 Å². The summed E-state index contributed by atoms with van der Waals surface area (Å²) in [5.74, 6) is -1.20. The maximum atomic E-state index is 13.4. The van der Waals surface area contributed by atoms with E-state index in [1.165, 1.54) is 16.2 Å². The predicted molar refractivity (Wildman–Crippen MR) is 127 cm³/mol. The van der Waals surface area contributed by atoms with Gasteiger partial charge in [-0.1, -0.05) is 17.4 Å². The highest BCUT2D eigenvalue weighted by molar-refractivity contribution is 8.00. The van der Waals surface area contributed by atoms with Gasteiger partial charge in [-0.2, -0.15) is 0 Å². The van der Waals surface area contributed by atoms with Gasteiger partial charge in [0.05, 0.1) is 37.5 Å². The number of H-pyrrole nitrogens is 1. The molecule has 3 fully saturated rings. The van der Waals surface area contributed by atoms with Crippen LogP contribution in [0.15, 0.2) is 28.0 Å². The van der Waals surface area contributed by atoms with Crippen LogP contribution < -0.4 is 14.3 Å². The molecule has 6 rings (SSSR count). The van der Waals surface area contributed by atoms with Crippen molar-refractivity contribution in [1.82, 2.24) is 9.88 Å². The number of thioether (sulfide) groups is 1. The van der Waals surface area contributed by atoms with Crippen molar-refractivity contribution in [2.45, 2.75) is 29.0 Å². The number of carbonyl (C=O) groups excluding carboxylic acids is 2. The number of nitrogens with zero attached hydrogens (tertiary/aromatic N) is 1. The van der Waals surface area contributed by atoms with Gasteiger partial charge in [0.15, 0.2) is 11.5 Å². The number of fused-ring (bicyclic) bond motifs is 9. The molecule has 0 radical (unpaired) electrons. The van der Waals surface area contributed by atoms with Gasteiger partial charge in [-0.15, -0.1) is 11.8 Å². The van der Waals surface area contributed by atoms with Gasteiger partial charge in [0.1, 0.15) is 0 Å². The number of ether oxygens (including phenoxy) is 2. The second-order valence-corrected chi connectivity index (χ2v) is 11.7. The van der Waals surface area contributed by atoms with Gasteiger partial charge in [-0.25, -0.2) is 0 Å². The average molecular weight is 517 g/mol. The molecule has 2 aliphatic heterocycles. The van der Waals surface area contributed by atoms with Crippen LogP contribution in [0.5, 0.6) is 11.5 Å². The predicted octanol–water partition coefficient (Wildman–Crippen LogP) is 2.40. The molecule has 3 heterocycles. The number of aromatic nitrogens is 1. The third kappa shape index (κ3) is 3.20. The van der Waals surface area contributed by atoms with E-state index in [4.69, 9.17) is 14.6 Å². The minimum Gasteiger partial charge on any atom is -0.493 e. The Hall–Kier alpha value is -2.79. The number of carboxylic acids is 1. The number of hydrogen-bond donors (Lipinski definition) is 2. The summed E-state index contributed by atoms with van der Waals surface area (Å²) >= 11 is 2.82.